The molecule has 0 aliphatic heterocycles. The van der Waals surface area contributed by atoms with E-state index >= 15 is 0 Å². The number of ether oxygens (including phenoxy) is 1. The summed E-state index contributed by atoms with van der Waals surface area (Å²) in [6.45, 7) is 1.35. The summed E-state index contributed by atoms with van der Waals surface area (Å²) in [5.74, 6) is -0.547. The third kappa shape index (κ3) is 6.60. The van der Waals surface area contributed by atoms with Gasteiger partial charge in [0.1, 0.15) is 12.3 Å². The van der Waals surface area contributed by atoms with Crippen LogP contribution in [0.15, 0.2) is 88.9 Å². The van der Waals surface area contributed by atoms with Gasteiger partial charge in [-0.15, -0.1) is 0 Å². The summed E-state index contributed by atoms with van der Waals surface area (Å²) in [5, 5.41) is 3.68. The summed E-state index contributed by atoms with van der Waals surface area (Å²) in [6, 6.07) is 18.3. The maximum atomic E-state index is 13.4. The first-order valence-corrected chi connectivity index (χ1v) is 11.9. The molecule has 0 aliphatic rings. The number of amides is 1. The van der Waals surface area contributed by atoms with Gasteiger partial charge in [0.15, 0.2) is 0 Å². The summed E-state index contributed by atoms with van der Waals surface area (Å²) < 4.78 is 71.9. The molecule has 11 heteroatoms. The lowest BCUT2D eigenvalue weighted by Gasteiger charge is -2.25. The maximum Gasteiger partial charge on any atom is 0.416 e. The van der Waals surface area contributed by atoms with E-state index in [0.29, 0.717) is 0 Å². The molecule has 0 saturated carbocycles. The number of sulfonamides is 1. The standard InChI is InChI=1S/C24H22F3N3O4S/c1-2-34-22-14-7-6-13-21(22)30(35(32,33)20-11-4-3-5-12-20)17-23(31)29-28-16-18-9-8-10-19(15-18)24(25,26)27/h3-16H,2,17H2,1H3,(H,29,31)/b28-16+. The van der Waals surface area contributed by atoms with Crippen LogP contribution in [0.1, 0.15) is 18.1 Å². The maximum absolute atomic E-state index is 13.4. The van der Waals surface area contributed by atoms with Crippen LogP contribution in [0.2, 0.25) is 0 Å². The van der Waals surface area contributed by atoms with E-state index in [-0.39, 0.29) is 28.5 Å². The van der Waals surface area contributed by atoms with Crippen LogP contribution < -0.4 is 14.5 Å². The van der Waals surface area contributed by atoms with Crippen LogP contribution in [0, 0.1) is 0 Å². The highest BCUT2D eigenvalue weighted by Gasteiger charge is 2.31. The number of nitrogens with zero attached hydrogens (tertiary/aromatic N) is 2. The van der Waals surface area contributed by atoms with Gasteiger partial charge in [-0.3, -0.25) is 9.10 Å². The Kier molecular flexibility index (Phi) is 8.13. The molecular weight excluding hydrogens is 483 g/mol. The number of carbonyl (C=O) groups is 1. The van der Waals surface area contributed by atoms with E-state index in [1.807, 2.05) is 0 Å². The van der Waals surface area contributed by atoms with E-state index in [2.05, 4.69) is 10.5 Å². The molecule has 0 aromatic heterocycles. The minimum absolute atomic E-state index is 0.0356. The van der Waals surface area contributed by atoms with Gasteiger partial charge in [-0.05, 0) is 48.9 Å². The monoisotopic (exact) mass is 505 g/mol. The number of para-hydroxylation sites is 2. The van der Waals surface area contributed by atoms with Gasteiger partial charge in [-0.1, -0.05) is 42.5 Å². The number of alkyl halides is 3. The Hall–Kier alpha value is -3.86. The van der Waals surface area contributed by atoms with Crippen LogP contribution >= 0.6 is 0 Å². The molecule has 1 amide bonds. The predicted octanol–water partition coefficient (Wildman–Crippen LogP) is 4.45. The molecule has 3 aromatic rings. The molecule has 3 rings (SSSR count). The Morgan fingerprint density at radius 2 is 1.71 bits per heavy atom. The Balaban J connectivity index is 1.86. The molecule has 35 heavy (non-hydrogen) atoms. The van der Waals surface area contributed by atoms with E-state index in [9.17, 15) is 26.4 Å². The fourth-order valence-corrected chi connectivity index (χ4v) is 4.55. The Bertz CT molecular complexity index is 1300. The summed E-state index contributed by atoms with van der Waals surface area (Å²) >= 11 is 0. The van der Waals surface area contributed by atoms with Gasteiger partial charge in [0.2, 0.25) is 0 Å². The molecule has 1 N–H and O–H groups in total. The topological polar surface area (TPSA) is 88.1 Å². The highest BCUT2D eigenvalue weighted by Crippen LogP contribution is 2.32. The van der Waals surface area contributed by atoms with E-state index in [4.69, 9.17) is 4.74 Å². The van der Waals surface area contributed by atoms with Crippen LogP contribution in [0.25, 0.3) is 0 Å². The normalized spacial score (nSPS) is 11.9. The number of benzene rings is 3. The zero-order valence-electron chi connectivity index (χ0n) is 18.6. The Morgan fingerprint density at radius 3 is 2.40 bits per heavy atom. The highest BCUT2D eigenvalue weighted by molar-refractivity contribution is 7.92. The number of anilines is 1. The first kappa shape index (κ1) is 25.8. The van der Waals surface area contributed by atoms with E-state index in [1.165, 1.54) is 30.3 Å². The molecule has 0 atom stereocenters. The van der Waals surface area contributed by atoms with Crippen LogP contribution in [-0.4, -0.2) is 33.7 Å². The lowest BCUT2D eigenvalue weighted by molar-refractivity contribution is -0.137. The Morgan fingerprint density at radius 1 is 1.03 bits per heavy atom. The minimum Gasteiger partial charge on any atom is -0.492 e. The molecule has 0 saturated heterocycles. The third-order valence-corrected chi connectivity index (χ3v) is 6.44. The van der Waals surface area contributed by atoms with Gasteiger partial charge in [0.25, 0.3) is 15.9 Å². The van der Waals surface area contributed by atoms with Crippen molar-refractivity contribution < 1.29 is 31.1 Å². The molecule has 0 spiro atoms. The number of nitrogens with one attached hydrogen (secondary N) is 1. The fraction of sp³-hybridized carbons (Fsp3) is 0.167. The van der Waals surface area contributed by atoms with E-state index in [1.54, 1.807) is 43.3 Å². The number of halogens is 3. The lowest BCUT2D eigenvalue weighted by atomic mass is 10.1. The van der Waals surface area contributed by atoms with Crippen molar-refractivity contribution >= 4 is 27.8 Å². The average molecular weight is 506 g/mol. The van der Waals surface area contributed by atoms with E-state index < -0.39 is 34.2 Å². The molecule has 184 valence electrons. The summed E-state index contributed by atoms with van der Waals surface area (Å²) in [7, 11) is -4.17. The van der Waals surface area contributed by atoms with Crippen molar-refractivity contribution in [1.82, 2.24) is 5.43 Å². The molecule has 0 fully saturated rings. The van der Waals surface area contributed by atoms with Crippen molar-refractivity contribution in [3.05, 3.63) is 90.0 Å². The third-order valence-electron chi connectivity index (χ3n) is 4.67. The van der Waals surface area contributed by atoms with Gasteiger partial charge < -0.3 is 4.74 Å². The molecule has 0 heterocycles. The molecule has 0 aliphatic carbocycles. The number of rotatable bonds is 9. The number of hydrazone groups is 1. The van der Waals surface area contributed by atoms with Crippen molar-refractivity contribution in [1.29, 1.82) is 0 Å². The van der Waals surface area contributed by atoms with Crippen LogP contribution in [0.4, 0.5) is 18.9 Å². The molecule has 0 radical (unpaired) electrons. The number of hydrogen-bond donors (Lipinski definition) is 1. The second-order valence-electron chi connectivity index (χ2n) is 7.14. The average Bonchev–Trinajstić information content (AvgIpc) is 2.83. The number of hydrogen-bond acceptors (Lipinski definition) is 5. The molecule has 0 unspecified atom stereocenters. The zero-order valence-corrected chi connectivity index (χ0v) is 19.4. The second kappa shape index (κ2) is 11.0. The van der Waals surface area contributed by atoms with Gasteiger partial charge in [-0.2, -0.15) is 18.3 Å². The summed E-state index contributed by atoms with van der Waals surface area (Å²) in [5.41, 5.74) is 1.56. The van der Waals surface area contributed by atoms with Crippen molar-refractivity contribution in [3.8, 4) is 5.75 Å². The van der Waals surface area contributed by atoms with Gasteiger partial charge >= 0.3 is 6.18 Å². The van der Waals surface area contributed by atoms with Crippen molar-refractivity contribution in [2.75, 3.05) is 17.5 Å². The van der Waals surface area contributed by atoms with Crippen LogP contribution in [0.5, 0.6) is 5.75 Å². The smallest absolute Gasteiger partial charge is 0.416 e. The zero-order chi connectivity index (χ0) is 25.5. The van der Waals surface area contributed by atoms with Crippen molar-refractivity contribution in [2.45, 2.75) is 18.0 Å². The van der Waals surface area contributed by atoms with E-state index in [0.717, 1.165) is 22.7 Å². The minimum atomic E-state index is -4.52. The quantitative estimate of drug-likeness (QED) is 0.344. The number of carbonyl (C=O) groups excluding carboxylic acids is 1. The largest absolute Gasteiger partial charge is 0.492 e. The van der Waals surface area contributed by atoms with Crippen molar-refractivity contribution in [2.24, 2.45) is 5.10 Å². The fourth-order valence-electron chi connectivity index (χ4n) is 3.10. The Labute approximate surface area is 200 Å². The first-order valence-electron chi connectivity index (χ1n) is 10.4. The van der Waals surface area contributed by atoms with Crippen LogP contribution in [-0.2, 0) is 21.0 Å². The van der Waals surface area contributed by atoms with Gasteiger partial charge in [0, 0.05) is 0 Å². The molecule has 0 bridgehead atoms. The second-order valence-corrected chi connectivity index (χ2v) is 9.00. The molecule has 7 nitrogen and oxygen atoms in total. The van der Waals surface area contributed by atoms with Gasteiger partial charge in [-0.25, -0.2) is 13.8 Å². The summed E-state index contributed by atoms with van der Waals surface area (Å²) in [4.78, 5) is 12.6. The first-order chi connectivity index (χ1) is 16.6. The van der Waals surface area contributed by atoms with Crippen LogP contribution in [0.3, 0.4) is 0 Å². The highest BCUT2D eigenvalue weighted by atomic mass is 32.2. The predicted molar refractivity (Wildman–Crippen MR) is 126 cm³/mol. The lowest BCUT2D eigenvalue weighted by Crippen LogP contribution is -2.39. The molecule has 3 aromatic carbocycles. The summed E-state index contributed by atoms with van der Waals surface area (Å²) in [6.07, 6.45) is -3.48. The van der Waals surface area contributed by atoms with Crippen molar-refractivity contribution in [3.63, 3.8) is 0 Å². The molecular formula is C24H22F3N3O4S. The van der Waals surface area contributed by atoms with Gasteiger partial charge in [0.05, 0.1) is 29.0 Å². The SMILES string of the molecule is CCOc1ccccc1N(CC(=O)N/N=C/c1cccc(C(F)(F)F)c1)S(=O)(=O)c1ccccc1.